The van der Waals surface area contributed by atoms with Gasteiger partial charge in [-0.05, 0) is 49.4 Å². The Bertz CT molecular complexity index is 757. The molecule has 30 heavy (non-hydrogen) atoms. The summed E-state index contributed by atoms with van der Waals surface area (Å²) >= 11 is 0. The number of carbonyl (C=O) groups excluding carboxylic acids is 1. The highest BCUT2D eigenvalue weighted by molar-refractivity contribution is 5.69. The Morgan fingerprint density at radius 1 is 1.17 bits per heavy atom. The lowest BCUT2D eigenvalue weighted by molar-refractivity contribution is -0.284. The standard InChI is InChI=1S/C26H40O4/c1-18-10-11-21-24(4,19(18)8-7-9-22(27)28-6)13-12-20-23(2,3)26(29-16-17-30-26)15-14-25(20,21)5/h8,11,18,20H,7,9-10,12-17H2,1-6H3/b19-8+/t18-,20-,24-,25-/m0/s1. The summed E-state index contributed by atoms with van der Waals surface area (Å²) in [6.45, 7) is 13.5. The van der Waals surface area contributed by atoms with Gasteiger partial charge in [0, 0.05) is 23.7 Å². The molecule has 0 amide bonds. The monoisotopic (exact) mass is 416 g/mol. The van der Waals surface area contributed by atoms with E-state index in [1.54, 1.807) is 5.57 Å². The third-order valence-electron chi connectivity index (χ3n) is 9.28. The highest BCUT2D eigenvalue weighted by Crippen LogP contribution is 2.70. The summed E-state index contributed by atoms with van der Waals surface area (Å²) in [5.41, 5.74) is 3.41. The van der Waals surface area contributed by atoms with Crippen molar-refractivity contribution in [3.8, 4) is 0 Å². The van der Waals surface area contributed by atoms with Crippen LogP contribution in [-0.2, 0) is 19.0 Å². The van der Waals surface area contributed by atoms with Gasteiger partial charge in [-0.3, -0.25) is 4.79 Å². The van der Waals surface area contributed by atoms with Gasteiger partial charge < -0.3 is 14.2 Å². The molecule has 1 saturated heterocycles. The molecule has 4 aliphatic rings. The third-order valence-corrected chi connectivity index (χ3v) is 9.28. The highest BCUT2D eigenvalue weighted by atomic mass is 16.7. The molecule has 0 bridgehead atoms. The van der Waals surface area contributed by atoms with Crippen molar-refractivity contribution in [3.63, 3.8) is 0 Å². The molecule has 0 N–H and O–H groups in total. The fraction of sp³-hybridized carbons (Fsp3) is 0.808. The molecular formula is C26H40O4. The van der Waals surface area contributed by atoms with Gasteiger partial charge >= 0.3 is 5.97 Å². The average Bonchev–Trinajstić information content (AvgIpc) is 3.18. The Kier molecular flexibility index (Phi) is 5.50. The first kappa shape index (κ1) is 22.1. The second-order valence-corrected chi connectivity index (χ2v) is 11.0. The largest absolute Gasteiger partial charge is 0.469 e. The van der Waals surface area contributed by atoms with Crippen LogP contribution < -0.4 is 0 Å². The molecule has 1 spiro atoms. The molecule has 0 aromatic carbocycles. The number of allylic oxidation sites excluding steroid dienone is 4. The Hall–Kier alpha value is -1.13. The van der Waals surface area contributed by atoms with Crippen LogP contribution in [-0.4, -0.2) is 32.1 Å². The second-order valence-electron chi connectivity index (χ2n) is 11.0. The molecule has 3 aliphatic carbocycles. The first-order valence-electron chi connectivity index (χ1n) is 11.9. The van der Waals surface area contributed by atoms with Gasteiger partial charge in [-0.15, -0.1) is 0 Å². The lowest BCUT2D eigenvalue weighted by Crippen LogP contribution is -2.62. The van der Waals surface area contributed by atoms with E-state index in [0.29, 0.717) is 18.3 Å². The molecule has 0 aromatic heterocycles. The number of rotatable bonds is 3. The second kappa shape index (κ2) is 7.48. The molecule has 1 aliphatic heterocycles. The van der Waals surface area contributed by atoms with Crippen LogP contribution in [0.3, 0.4) is 0 Å². The summed E-state index contributed by atoms with van der Waals surface area (Å²) in [5, 5.41) is 0. The van der Waals surface area contributed by atoms with E-state index in [4.69, 9.17) is 14.2 Å². The van der Waals surface area contributed by atoms with E-state index < -0.39 is 5.79 Å². The van der Waals surface area contributed by atoms with Crippen molar-refractivity contribution in [2.24, 2.45) is 28.1 Å². The predicted molar refractivity (Wildman–Crippen MR) is 118 cm³/mol. The van der Waals surface area contributed by atoms with Crippen molar-refractivity contribution in [1.82, 2.24) is 0 Å². The van der Waals surface area contributed by atoms with Crippen molar-refractivity contribution in [2.75, 3.05) is 20.3 Å². The minimum Gasteiger partial charge on any atom is -0.469 e. The molecule has 4 heteroatoms. The van der Waals surface area contributed by atoms with Crippen molar-refractivity contribution in [1.29, 1.82) is 0 Å². The fourth-order valence-electron chi connectivity index (χ4n) is 7.75. The van der Waals surface area contributed by atoms with Gasteiger partial charge in [0.25, 0.3) is 0 Å². The molecule has 1 heterocycles. The minimum atomic E-state index is -0.410. The quantitative estimate of drug-likeness (QED) is 0.430. The van der Waals surface area contributed by atoms with Crippen molar-refractivity contribution < 1.29 is 19.0 Å². The summed E-state index contributed by atoms with van der Waals surface area (Å²) in [6, 6.07) is 0. The van der Waals surface area contributed by atoms with Crippen molar-refractivity contribution >= 4 is 5.97 Å². The van der Waals surface area contributed by atoms with Gasteiger partial charge in [-0.1, -0.05) is 57.9 Å². The SMILES string of the molecule is COC(=O)CC/C=C1\[C@@H](C)CC=C2[C@@]1(C)CC[C@H]1C(C)(C)C3(CC[C@]21C)OCCO3. The maximum absolute atomic E-state index is 11.6. The lowest BCUT2D eigenvalue weighted by atomic mass is 9.42. The van der Waals surface area contributed by atoms with Crippen LogP contribution in [0, 0.1) is 28.1 Å². The summed E-state index contributed by atoms with van der Waals surface area (Å²) in [5.74, 6) is 0.539. The van der Waals surface area contributed by atoms with E-state index in [1.807, 2.05) is 0 Å². The van der Waals surface area contributed by atoms with Crippen LogP contribution in [0.4, 0.5) is 0 Å². The van der Waals surface area contributed by atoms with Crippen molar-refractivity contribution in [3.05, 3.63) is 23.3 Å². The summed E-state index contributed by atoms with van der Waals surface area (Å²) in [7, 11) is 1.47. The Labute approximate surface area is 182 Å². The predicted octanol–water partition coefficient (Wildman–Crippen LogP) is 5.82. The number of hydrogen-bond donors (Lipinski definition) is 0. The van der Waals surface area contributed by atoms with E-state index in [1.165, 1.54) is 19.1 Å². The molecule has 3 fully saturated rings. The molecular weight excluding hydrogens is 376 g/mol. The zero-order valence-electron chi connectivity index (χ0n) is 19.8. The molecule has 4 nitrogen and oxygen atoms in total. The van der Waals surface area contributed by atoms with Crippen LogP contribution in [0.2, 0.25) is 0 Å². The van der Waals surface area contributed by atoms with E-state index in [2.05, 4.69) is 46.8 Å². The van der Waals surface area contributed by atoms with Crippen LogP contribution in [0.15, 0.2) is 23.3 Å². The van der Waals surface area contributed by atoms with Crippen LogP contribution in [0.25, 0.3) is 0 Å². The zero-order chi connectivity index (χ0) is 21.8. The Morgan fingerprint density at radius 3 is 2.53 bits per heavy atom. The number of esters is 1. The summed E-state index contributed by atoms with van der Waals surface area (Å²) in [6.07, 6.45) is 11.7. The smallest absolute Gasteiger partial charge is 0.305 e. The lowest BCUT2D eigenvalue weighted by Gasteiger charge is -2.65. The van der Waals surface area contributed by atoms with Gasteiger partial charge in [0.2, 0.25) is 0 Å². The Morgan fingerprint density at radius 2 is 1.87 bits per heavy atom. The van der Waals surface area contributed by atoms with Gasteiger partial charge in [0.1, 0.15) is 0 Å². The first-order valence-corrected chi connectivity index (χ1v) is 11.9. The summed E-state index contributed by atoms with van der Waals surface area (Å²) < 4.78 is 17.4. The molecule has 0 radical (unpaired) electrons. The van der Waals surface area contributed by atoms with Gasteiger partial charge in [-0.25, -0.2) is 0 Å². The molecule has 168 valence electrons. The fourth-order valence-corrected chi connectivity index (χ4v) is 7.75. The first-order chi connectivity index (χ1) is 14.1. The molecule has 4 atom stereocenters. The number of hydrogen-bond acceptors (Lipinski definition) is 4. The highest BCUT2D eigenvalue weighted by Gasteiger charge is 2.66. The number of fused-ring (bicyclic) bond motifs is 3. The van der Waals surface area contributed by atoms with Crippen LogP contribution in [0.1, 0.15) is 79.6 Å². The number of methoxy groups -OCH3 is 1. The topological polar surface area (TPSA) is 44.8 Å². The van der Waals surface area contributed by atoms with Crippen LogP contribution >= 0.6 is 0 Å². The average molecular weight is 417 g/mol. The molecule has 0 unspecified atom stereocenters. The zero-order valence-corrected chi connectivity index (χ0v) is 19.8. The third kappa shape index (κ3) is 3.04. The van der Waals surface area contributed by atoms with Crippen molar-refractivity contribution in [2.45, 2.75) is 85.4 Å². The molecule has 2 saturated carbocycles. The van der Waals surface area contributed by atoms with Gasteiger partial charge in [0.15, 0.2) is 5.79 Å². The maximum atomic E-state index is 11.6. The Balaban J connectivity index is 1.67. The maximum Gasteiger partial charge on any atom is 0.305 e. The van der Waals surface area contributed by atoms with E-state index in [-0.39, 0.29) is 22.2 Å². The van der Waals surface area contributed by atoms with E-state index >= 15 is 0 Å². The molecule has 4 rings (SSSR count). The van der Waals surface area contributed by atoms with Gasteiger partial charge in [-0.2, -0.15) is 0 Å². The summed E-state index contributed by atoms with van der Waals surface area (Å²) in [4.78, 5) is 11.6. The van der Waals surface area contributed by atoms with Crippen LogP contribution in [0.5, 0.6) is 0 Å². The number of carbonyl (C=O) groups is 1. The normalized spacial score (nSPS) is 40.6. The molecule has 0 aromatic rings. The number of ether oxygens (including phenoxy) is 3. The van der Waals surface area contributed by atoms with E-state index in [9.17, 15) is 4.79 Å². The van der Waals surface area contributed by atoms with E-state index in [0.717, 1.165) is 45.3 Å². The van der Waals surface area contributed by atoms with Gasteiger partial charge in [0.05, 0.1) is 20.3 Å². The minimum absolute atomic E-state index is 0.0174.